The highest BCUT2D eigenvalue weighted by molar-refractivity contribution is 5.58. The van der Waals surface area contributed by atoms with Crippen LogP contribution in [0, 0.1) is 5.92 Å². The predicted molar refractivity (Wildman–Crippen MR) is 116 cm³/mol. The zero-order chi connectivity index (χ0) is 18.6. The highest BCUT2D eigenvalue weighted by Crippen LogP contribution is 2.63. The predicted octanol–water partition coefficient (Wildman–Crippen LogP) is 6.23. The maximum absolute atomic E-state index is 2.83. The number of benzene rings is 2. The van der Waals surface area contributed by atoms with Gasteiger partial charge in [-0.05, 0) is 54.0 Å². The van der Waals surface area contributed by atoms with E-state index in [1.807, 2.05) is 0 Å². The molecule has 4 aliphatic rings. The fourth-order valence-electron chi connectivity index (χ4n) is 7.39. The Labute approximate surface area is 170 Å². The van der Waals surface area contributed by atoms with Gasteiger partial charge in [0.2, 0.25) is 0 Å². The minimum Gasteiger partial charge on any atom is -0.302 e. The summed E-state index contributed by atoms with van der Waals surface area (Å²) in [5, 5.41) is 0. The summed E-state index contributed by atoms with van der Waals surface area (Å²) in [6, 6.07) is 18.8. The van der Waals surface area contributed by atoms with E-state index in [-0.39, 0.29) is 0 Å². The molecule has 6 rings (SSSR count). The Morgan fingerprint density at radius 1 is 0.857 bits per heavy atom. The van der Waals surface area contributed by atoms with E-state index < -0.39 is 0 Å². The standard InChI is InChI=1S/C27H33N/c1-2-9-20(10-3-1)11-8-16-28-18-26-22-13-5-4-12-21(22)24-17-27(26,19-28)25-15-7-6-14-23(24)25/h4-7,12-15,20,24,26H,1-3,8-11,16-19H2. The van der Waals surface area contributed by atoms with E-state index in [4.69, 9.17) is 0 Å². The van der Waals surface area contributed by atoms with Gasteiger partial charge in [0.05, 0.1) is 0 Å². The lowest BCUT2D eigenvalue weighted by Crippen LogP contribution is -2.35. The molecule has 0 radical (unpaired) electrons. The van der Waals surface area contributed by atoms with Gasteiger partial charge in [-0.3, -0.25) is 0 Å². The quantitative estimate of drug-likeness (QED) is 0.615. The molecule has 146 valence electrons. The first kappa shape index (κ1) is 17.3. The molecule has 3 unspecified atom stereocenters. The van der Waals surface area contributed by atoms with Crippen LogP contribution in [0.3, 0.4) is 0 Å². The molecule has 1 heteroatoms. The molecule has 1 heterocycles. The third-order valence-corrected chi connectivity index (χ3v) is 8.61. The highest BCUT2D eigenvalue weighted by atomic mass is 15.2. The van der Waals surface area contributed by atoms with Crippen LogP contribution in [-0.2, 0) is 5.41 Å². The largest absolute Gasteiger partial charge is 0.302 e. The van der Waals surface area contributed by atoms with Crippen molar-refractivity contribution in [2.24, 2.45) is 5.92 Å². The number of nitrogens with zero attached hydrogens (tertiary/aromatic N) is 1. The van der Waals surface area contributed by atoms with Gasteiger partial charge in [-0.2, -0.15) is 0 Å². The molecule has 1 aliphatic heterocycles. The van der Waals surface area contributed by atoms with Crippen molar-refractivity contribution in [2.45, 2.75) is 68.6 Å². The molecule has 0 amide bonds. The molecule has 2 bridgehead atoms. The van der Waals surface area contributed by atoms with Crippen molar-refractivity contribution in [1.82, 2.24) is 4.90 Å². The highest BCUT2D eigenvalue weighted by Gasteiger charge is 2.57. The molecule has 0 aromatic heterocycles. The molecule has 3 aliphatic carbocycles. The Morgan fingerprint density at radius 2 is 1.61 bits per heavy atom. The van der Waals surface area contributed by atoms with Crippen molar-refractivity contribution >= 4 is 0 Å². The lowest BCUT2D eigenvalue weighted by atomic mass is 9.65. The van der Waals surface area contributed by atoms with Gasteiger partial charge in [-0.25, -0.2) is 0 Å². The zero-order valence-electron chi connectivity index (χ0n) is 17.1. The van der Waals surface area contributed by atoms with Crippen molar-refractivity contribution in [2.75, 3.05) is 19.6 Å². The van der Waals surface area contributed by atoms with Crippen molar-refractivity contribution in [1.29, 1.82) is 0 Å². The maximum atomic E-state index is 2.83. The molecule has 2 aromatic carbocycles. The summed E-state index contributed by atoms with van der Waals surface area (Å²) in [6.45, 7) is 3.86. The van der Waals surface area contributed by atoms with Crippen molar-refractivity contribution in [3.8, 4) is 0 Å². The summed E-state index contributed by atoms with van der Waals surface area (Å²) >= 11 is 0. The molecular formula is C27H33N. The van der Waals surface area contributed by atoms with Gasteiger partial charge < -0.3 is 4.90 Å². The number of hydrogen-bond donors (Lipinski definition) is 0. The first-order chi connectivity index (χ1) is 13.9. The third-order valence-electron chi connectivity index (χ3n) is 8.61. The second-order valence-electron chi connectivity index (χ2n) is 10.1. The first-order valence-electron chi connectivity index (χ1n) is 11.8. The van der Waals surface area contributed by atoms with E-state index in [9.17, 15) is 0 Å². The average Bonchev–Trinajstić information content (AvgIpc) is 3.27. The summed E-state index contributed by atoms with van der Waals surface area (Å²) in [7, 11) is 0. The van der Waals surface area contributed by atoms with Crippen LogP contribution in [0.15, 0.2) is 48.5 Å². The minimum absolute atomic E-state index is 0.375. The second-order valence-corrected chi connectivity index (χ2v) is 10.1. The third kappa shape index (κ3) is 2.55. The van der Waals surface area contributed by atoms with Gasteiger partial charge in [-0.15, -0.1) is 0 Å². The van der Waals surface area contributed by atoms with Crippen LogP contribution < -0.4 is 0 Å². The first-order valence-corrected chi connectivity index (χ1v) is 11.8. The normalized spacial score (nSPS) is 31.4. The molecular weight excluding hydrogens is 338 g/mol. The van der Waals surface area contributed by atoms with E-state index in [0.717, 1.165) is 5.92 Å². The molecule has 1 nitrogen and oxygen atoms in total. The van der Waals surface area contributed by atoms with Crippen molar-refractivity contribution < 1.29 is 0 Å². The molecule has 2 aromatic rings. The van der Waals surface area contributed by atoms with E-state index in [0.29, 0.717) is 17.3 Å². The van der Waals surface area contributed by atoms with E-state index in [2.05, 4.69) is 53.4 Å². The van der Waals surface area contributed by atoms with Gasteiger partial charge in [0.25, 0.3) is 0 Å². The lowest BCUT2D eigenvalue weighted by molar-refractivity contribution is 0.272. The summed E-state index contributed by atoms with van der Waals surface area (Å²) in [5.74, 6) is 2.35. The Hall–Kier alpha value is -1.60. The zero-order valence-corrected chi connectivity index (χ0v) is 17.1. The number of fused-ring (bicyclic) bond motifs is 3. The maximum Gasteiger partial charge on any atom is 0.0173 e. The molecule has 28 heavy (non-hydrogen) atoms. The van der Waals surface area contributed by atoms with Crippen LogP contribution in [0.25, 0.3) is 0 Å². The molecule has 1 saturated heterocycles. The van der Waals surface area contributed by atoms with E-state index in [1.165, 1.54) is 71.0 Å². The number of rotatable bonds is 4. The Bertz CT molecular complexity index is 853. The average molecular weight is 372 g/mol. The minimum atomic E-state index is 0.375. The number of likely N-dealkylation sites (tertiary alicyclic amines) is 1. The fraction of sp³-hybridized carbons (Fsp3) is 0.556. The number of hydrogen-bond acceptors (Lipinski definition) is 1. The van der Waals surface area contributed by atoms with Crippen LogP contribution in [0.2, 0.25) is 0 Å². The Balaban J connectivity index is 1.26. The summed E-state index contributed by atoms with van der Waals surface area (Å²) in [6.07, 6.45) is 11.6. The van der Waals surface area contributed by atoms with Crippen LogP contribution in [-0.4, -0.2) is 24.5 Å². The Kier molecular flexibility index (Phi) is 4.15. The van der Waals surface area contributed by atoms with Gasteiger partial charge >= 0.3 is 0 Å². The van der Waals surface area contributed by atoms with E-state index in [1.54, 1.807) is 22.3 Å². The van der Waals surface area contributed by atoms with E-state index >= 15 is 0 Å². The van der Waals surface area contributed by atoms with Crippen LogP contribution in [0.1, 0.15) is 85.5 Å². The van der Waals surface area contributed by atoms with Gasteiger partial charge in [0.15, 0.2) is 0 Å². The SMILES string of the molecule is c1ccc2c(c1)C1CC3(CN(CCCC4CCCCC4)CC23)c2ccccc21. The molecule has 1 saturated carbocycles. The summed E-state index contributed by atoms with van der Waals surface area (Å²) in [5.41, 5.74) is 6.96. The lowest BCUT2D eigenvalue weighted by Gasteiger charge is -2.37. The summed E-state index contributed by atoms with van der Waals surface area (Å²) in [4.78, 5) is 2.83. The molecule has 3 atom stereocenters. The van der Waals surface area contributed by atoms with Gasteiger partial charge in [0, 0.05) is 30.3 Å². The van der Waals surface area contributed by atoms with Gasteiger partial charge in [0.1, 0.15) is 0 Å². The molecule has 0 N–H and O–H groups in total. The van der Waals surface area contributed by atoms with Crippen molar-refractivity contribution in [3.63, 3.8) is 0 Å². The molecule has 2 fully saturated rings. The fourth-order valence-corrected chi connectivity index (χ4v) is 7.39. The van der Waals surface area contributed by atoms with Crippen LogP contribution in [0.5, 0.6) is 0 Å². The smallest absolute Gasteiger partial charge is 0.0173 e. The molecule has 1 spiro atoms. The second kappa shape index (κ2) is 6.73. The Morgan fingerprint density at radius 3 is 2.46 bits per heavy atom. The van der Waals surface area contributed by atoms with Crippen LogP contribution >= 0.6 is 0 Å². The summed E-state index contributed by atoms with van der Waals surface area (Å²) < 4.78 is 0. The van der Waals surface area contributed by atoms with Gasteiger partial charge in [-0.1, -0.05) is 80.6 Å². The monoisotopic (exact) mass is 371 g/mol. The van der Waals surface area contributed by atoms with Crippen LogP contribution in [0.4, 0.5) is 0 Å². The topological polar surface area (TPSA) is 3.24 Å². The van der Waals surface area contributed by atoms with Crippen molar-refractivity contribution in [3.05, 3.63) is 70.8 Å².